The minimum absolute atomic E-state index is 0.0892. The molecular weight excluding hydrogens is 442 g/mol. The highest BCUT2D eigenvalue weighted by molar-refractivity contribution is 7.80. The quantitative estimate of drug-likeness (QED) is 0.356. The molecule has 3 aromatic carbocycles. The van der Waals surface area contributed by atoms with Gasteiger partial charge in [-0.25, -0.2) is 0 Å². The van der Waals surface area contributed by atoms with Crippen molar-refractivity contribution in [2.75, 3.05) is 13.7 Å². The Morgan fingerprint density at radius 2 is 1.74 bits per heavy atom. The Labute approximate surface area is 205 Å². The maximum absolute atomic E-state index is 12.9. The molecule has 0 amide bonds. The number of nitrogens with zero attached hydrogens (tertiary/aromatic N) is 1. The van der Waals surface area contributed by atoms with Crippen LogP contribution in [-0.2, 0) is 19.5 Å². The zero-order chi connectivity index (χ0) is 23.9. The van der Waals surface area contributed by atoms with E-state index < -0.39 is 0 Å². The normalized spacial score (nSPS) is 10.8. The van der Waals surface area contributed by atoms with Gasteiger partial charge in [-0.3, -0.25) is 4.79 Å². The van der Waals surface area contributed by atoms with Crippen LogP contribution in [0.4, 0.5) is 0 Å². The van der Waals surface area contributed by atoms with Crippen molar-refractivity contribution in [3.63, 3.8) is 0 Å². The van der Waals surface area contributed by atoms with Gasteiger partial charge in [-0.2, -0.15) is 0 Å². The van der Waals surface area contributed by atoms with Gasteiger partial charge in [0.25, 0.3) is 5.56 Å². The molecule has 0 aliphatic rings. The van der Waals surface area contributed by atoms with Crippen LogP contribution in [0, 0.1) is 6.92 Å². The molecular formula is C28H29N3O2S. The summed E-state index contributed by atoms with van der Waals surface area (Å²) in [5.41, 5.74) is 4.85. The molecule has 6 heteroatoms. The maximum Gasteiger partial charge on any atom is 0.253 e. The van der Waals surface area contributed by atoms with E-state index in [0.717, 1.165) is 40.7 Å². The van der Waals surface area contributed by atoms with Crippen molar-refractivity contribution in [3.8, 4) is 5.75 Å². The van der Waals surface area contributed by atoms with Crippen molar-refractivity contribution in [1.82, 2.24) is 15.2 Å². The summed E-state index contributed by atoms with van der Waals surface area (Å²) in [7, 11) is 1.65. The van der Waals surface area contributed by atoms with Crippen LogP contribution in [0.2, 0.25) is 0 Å². The number of aromatic nitrogens is 1. The molecule has 34 heavy (non-hydrogen) atoms. The number of hydrogen-bond acceptors (Lipinski definition) is 3. The molecule has 0 bridgehead atoms. The van der Waals surface area contributed by atoms with E-state index in [2.05, 4.69) is 22.4 Å². The van der Waals surface area contributed by atoms with Crippen molar-refractivity contribution < 1.29 is 4.74 Å². The molecule has 0 saturated heterocycles. The van der Waals surface area contributed by atoms with Crippen molar-refractivity contribution >= 4 is 28.2 Å². The smallest absolute Gasteiger partial charge is 0.253 e. The summed E-state index contributed by atoms with van der Waals surface area (Å²) >= 11 is 5.78. The highest BCUT2D eigenvalue weighted by Gasteiger charge is 2.14. The highest BCUT2D eigenvalue weighted by Crippen LogP contribution is 2.18. The summed E-state index contributed by atoms with van der Waals surface area (Å²) in [6, 6.07) is 26.2. The van der Waals surface area contributed by atoms with Crippen molar-refractivity contribution in [3.05, 3.63) is 111 Å². The van der Waals surface area contributed by atoms with Gasteiger partial charge in [0.15, 0.2) is 5.11 Å². The van der Waals surface area contributed by atoms with Crippen LogP contribution in [-0.4, -0.2) is 28.7 Å². The van der Waals surface area contributed by atoms with E-state index in [9.17, 15) is 4.79 Å². The lowest BCUT2D eigenvalue weighted by Gasteiger charge is -2.26. The van der Waals surface area contributed by atoms with Crippen molar-refractivity contribution in [2.45, 2.75) is 26.4 Å². The number of fused-ring (bicyclic) bond motifs is 1. The van der Waals surface area contributed by atoms with Gasteiger partial charge < -0.3 is 19.9 Å². The first kappa shape index (κ1) is 23.5. The van der Waals surface area contributed by atoms with E-state index in [1.807, 2.05) is 78.6 Å². The van der Waals surface area contributed by atoms with Crippen molar-refractivity contribution in [1.29, 1.82) is 0 Å². The fraction of sp³-hybridized carbons (Fsp3) is 0.214. The van der Waals surface area contributed by atoms with Gasteiger partial charge in [-0.15, -0.1) is 0 Å². The molecule has 0 aliphatic heterocycles. The Balaban J connectivity index is 1.55. The SMILES string of the molecule is COc1ccc(CN(Cc2cc3cccc(C)c3[nH]c2=O)C(=S)NCCc2ccccc2)cc1. The Morgan fingerprint density at radius 3 is 2.47 bits per heavy atom. The number of nitrogens with one attached hydrogen (secondary N) is 2. The molecule has 1 heterocycles. The van der Waals surface area contributed by atoms with Crippen molar-refractivity contribution in [2.24, 2.45) is 0 Å². The first-order valence-corrected chi connectivity index (χ1v) is 11.8. The van der Waals surface area contributed by atoms with E-state index >= 15 is 0 Å². The largest absolute Gasteiger partial charge is 0.497 e. The monoisotopic (exact) mass is 471 g/mol. The summed E-state index contributed by atoms with van der Waals surface area (Å²) in [4.78, 5) is 18.0. The number of para-hydroxylation sites is 1. The lowest BCUT2D eigenvalue weighted by atomic mass is 10.1. The van der Waals surface area contributed by atoms with Crippen LogP contribution in [0.25, 0.3) is 10.9 Å². The van der Waals surface area contributed by atoms with E-state index in [-0.39, 0.29) is 5.56 Å². The van der Waals surface area contributed by atoms with E-state index in [4.69, 9.17) is 17.0 Å². The number of pyridine rings is 1. The zero-order valence-electron chi connectivity index (χ0n) is 19.5. The highest BCUT2D eigenvalue weighted by atomic mass is 32.1. The molecule has 0 fully saturated rings. The number of aryl methyl sites for hydroxylation is 1. The number of rotatable bonds is 8. The Hall–Kier alpha value is -3.64. The molecule has 4 aromatic rings. The molecule has 0 atom stereocenters. The predicted molar refractivity (Wildman–Crippen MR) is 142 cm³/mol. The van der Waals surface area contributed by atoms with Gasteiger partial charge in [-0.05, 0) is 65.8 Å². The summed E-state index contributed by atoms with van der Waals surface area (Å²) in [5.74, 6) is 0.806. The lowest BCUT2D eigenvalue weighted by molar-refractivity contribution is 0.395. The minimum Gasteiger partial charge on any atom is -0.497 e. The van der Waals surface area contributed by atoms with Gasteiger partial charge in [0.2, 0.25) is 0 Å². The van der Waals surface area contributed by atoms with Crippen LogP contribution in [0.1, 0.15) is 22.3 Å². The molecule has 0 saturated carbocycles. The third kappa shape index (κ3) is 5.83. The number of benzene rings is 3. The molecule has 0 aliphatic carbocycles. The summed E-state index contributed by atoms with van der Waals surface area (Å²) in [6.07, 6.45) is 0.868. The second kappa shape index (κ2) is 11.0. The number of methoxy groups -OCH3 is 1. The molecule has 0 unspecified atom stereocenters. The molecule has 4 rings (SSSR count). The van der Waals surface area contributed by atoms with Gasteiger partial charge in [-0.1, -0.05) is 60.7 Å². The Kier molecular flexibility index (Phi) is 7.60. The molecule has 174 valence electrons. The summed E-state index contributed by atoms with van der Waals surface area (Å²) in [5, 5.41) is 5.02. The lowest BCUT2D eigenvalue weighted by Crippen LogP contribution is -2.40. The number of hydrogen-bond donors (Lipinski definition) is 2. The Morgan fingerprint density at radius 1 is 0.971 bits per heavy atom. The van der Waals surface area contributed by atoms with E-state index in [1.165, 1.54) is 5.56 Å². The topological polar surface area (TPSA) is 57.4 Å². The molecule has 1 aromatic heterocycles. The van der Waals surface area contributed by atoms with Gasteiger partial charge in [0, 0.05) is 18.7 Å². The van der Waals surface area contributed by atoms with Gasteiger partial charge in [0.05, 0.1) is 19.2 Å². The Bertz CT molecular complexity index is 1320. The van der Waals surface area contributed by atoms with Crippen LogP contribution in [0.5, 0.6) is 5.75 Å². The maximum atomic E-state index is 12.9. The number of aromatic amines is 1. The standard InChI is InChI=1S/C28H29N3O2S/c1-20-7-6-10-23-17-24(27(32)30-26(20)23)19-31(18-22-11-13-25(33-2)14-12-22)28(34)29-16-15-21-8-4-3-5-9-21/h3-14,17H,15-16,18-19H2,1-2H3,(H,29,34)(H,30,32). The second-order valence-electron chi connectivity index (χ2n) is 8.33. The molecule has 0 spiro atoms. The first-order chi connectivity index (χ1) is 16.5. The minimum atomic E-state index is -0.0892. The predicted octanol–water partition coefficient (Wildman–Crippen LogP) is 4.96. The van der Waals surface area contributed by atoms with Gasteiger partial charge >= 0.3 is 0 Å². The molecule has 0 radical (unpaired) electrons. The third-order valence-corrected chi connectivity index (χ3v) is 6.28. The average molecular weight is 472 g/mol. The van der Waals surface area contributed by atoms with E-state index in [1.54, 1.807) is 7.11 Å². The summed E-state index contributed by atoms with van der Waals surface area (Å²) < 4.78 is 5.28. The number of thiocarbonyl (C=S) groups is 1. The molecule has 2 N–H and O–H groups in total. The number of H-pyrrole nitrogens is 1. The summed E-state index contributed by atoms with van der Waals surface area (Å²) in [6.45, 7) is 3.70. The van der Waals surface area contributed by atoms with Gasteiger partial charge in [0.1, 0.15) is 5.75 Å². The van der Waals surface area contributed by atoms with E-state index in [0.29, 0.717) is 23.8 Å². The average Bonchev–Trinajstić information content (AvgIpc) is 2.85. The van der Waals surface area contributed by atoms with Crippen LogP contribution < -0.4 is 15.6 Å². The third-order valence-electron chi connectivity index (χ3n) is 5.88. The zero-order valence-corrected chi connectivity index (χ0v) is 20.3. The van der Waals surface area contributed by atoms with Crippen LogP contribution in [0.3, 0.4) is 0 Å². The fourth-order valence-electron chi connectivity index (χ4n) is 3.97. The fourth-order valence-corrected chi connectivity index (χ4v) is 4.20. The second-order valence-corrected chi connectivity index (χ2v) is 8.72. The van der Waals surface area contributed by atoms with Crippen LogP contribution >= 0.6 is 12.2 Å². The molecule has 5 nitrogen and oxygen atoms in total. The van der Waals surface area contributed by atoms with Crippen LogP contribution in [0.15, 0.2) is 83.7 Å². The number of ether oxygens (including phenoxy) is 1. The first-order valence-electron chi connectivity index (χ1n) is 11.3.